The Balaban J connectivity index is 1.37. The lowest BCUT2D eigenvalue weighted by molar-refractivity contribution is -0.126. The fourth-order valence-electron chi connectivity index (χ4n) is 3.99. The Kier molecular flexibility index (Phi) is 5.25. The number of para-hydroxylation sites is 2. The van der Waals surface area contributed by atoms with Crippen LogP contribution in [0.2, 0.25) is 0 Å². The molecule has 0 spiro atoms. The van der Waals surface area contributed by atoms with E-state index in [1.165, 1.54) is 0 Å². The summed E-state index contributed by atoms with van der Waals surface area (Å²) in [4.78, 5) is 33.5. The number of aliphatic imine (C=N–C) groups is 1. The molecule has 4 aromatic rings. The van der Waals surface area contributed by atoms with Crippen molar-refractivity contribution in [3.8, 4) is 0 Å². The van der Waals surface area contributed by atoms with Crippen LogP contribution in [-0.4, -0.2) is 28.7 Å². The van der Waals surface area contributed by atoms with E-state index in [-0.39, 0.29) is 18.2 Å². The van der Waals surface area contributed by atoms with Crippen molar-refractivity contribution >= 4 is 34.1 Å². The van der Waals surface area contributed by atoms with Crippen molar-refractivity contribution in [2.45, 2.75) is 19.0 Å². The smallest absolute Gasteiger partial charge is 0.269 e. The zero-order valence-corrected chi connectivity index (χ0v) is 17.3. The van der Waals surface area contributed by atoms with Crippen molar-refractivity contribution in [1.29, 1.82) is 0 Å². The number of H-pyrrole nitrogens is 1. The molecule has 1 atom stereocenters. The molecule has 0 aliphatic carbocycles. The van der Waals surface area contributed by atoms with Crippen LogP contribution in [0.3, 0.4) is 0 Å². The average Bonchev–Trinajstić information content (AvgIpc) is 3.18. The van der Waals surface area contributed by atoms with Crippen LogP contribution in [0.25, 0.3) is 10.9 Å². The molecule has 5 rings (SSSR count). The number of carbonyl (C=O) groups is 2. The van der Waals surface area contributed by atoms with Crippen molar-refractivity contribution in [1.82, 2.24) is 10.3 Å². The highest BCUT2D eigenvalue weighted by Crippen LogP contribution is 2.24. The first-order valence-corrected chi connectivity index (χ1v) is 10.6. The lowest BCUT2D eigenvalue weighted by Gasteiger charge is -2.13. The lowest BCUT2D eigenvalue weighted by atomic mass is 10.0. The minimum absolute atomic E-state index is 0.224. The van der Waals surface area contributed by atoms with Gasteiger partial charge in [-0.2, -0.15) is 0 Å². The van der Waals surface area contributed by atoms with E-state index in [4.69, 9.17) is 0 Å². The zero-order valence-electron chi connectivity index (χ0n) is 17.3. The van der Waals surface area contributed by atoms with Crippen LogP contribution in [0.4, 0.5) is 5.69 Å². The van der Waals surface area contributed by atoms with E-state index in [0.29, 0.717) is 17.8 Å². The molecular weight excluding hydrogens is 400 g/mol. The number of anilines is 1. The maximum Gasteiger partial charge on any atom is 0.269 e. The topological polar surface area (TPSA) is 86.3 Å². The summed E-state index contributed by atoms with van der Waals surface area (Å²) in [6, 6.07) is 25.2. The Morgan fingerprint density at radius 3 is 2.56 bits per heavy atom. The highest BCUT2D eigenvalue weighted by atomic mass is 16.2. The first-order chi connectivity index (χ1) is 15.7. The maximum atomic E-state index is 12.9. The molecule has 3 N–H and O–H groups in total. The van der Waals surface area contributed by atoms with E-state index < -0.39 is 6.17 Å². The molecule has 0 bridgehead atoms. The van der Waals surface area contributed by atoms with Gasteiger partial charge in [0.1, 0.15) is 0 Å². The Morgan fingerprint density at radius 1 is 0.938 bits per heavy atom. The van der Waals surface area contributed by atoms with E-state index in [0.717, 1.165) is 27.6 Å². The number of hydrogen-bond acceptors (Lipinski definition) is 3. The van der Waals surface area contributed by atoms with Crippen molar-refractivity contribution in [3.05, 3.63) is 102 Å². The summed E-state index contributed by atoms with van der Waals surface area (Å²) in [5.74, 6) is -0.582. The van der Waals surface area contributed by atoms with Crippen molar-refractivity contribution < 1.29 is 9.59 Å². The van der Waals surface area contributed by atoms with Crippen molar-refractivity contribution in [2.24, 2.45) is 4.99 Å². The molecule has 0 unspecified atom stereocenters. The van der Waals surface area contributed by atoms with Crippen LogP contribution in [-0.2, 0) is 16.0 Å². The van der Waals surface area contributed by atoms with E-state index >= 15 is 0 Å². The first kappa shape index (κ1) is 19.8. The van der Waals surface area contributed by atoms with Gasteiger partial charge in [-0.3, -0.25) is 9.59 Å². The number of nitrogens with one attached hydrogen (secondary N) is 3. The van der Waals surface area contributed by atoms with Gasteiger partial charge in [0.25, 0.3) is 5.91 Å². The van der Waals surface area contributed by atoms with E-state index in [2.05, 4.69) is 20.6 Å². The molecule has 0 saturated carbocycles. The van der Waals surface area contributed by atoms with Gasteiger partial charge in [0.15, 0.2) is 0 Å². The molecule has 2 heterocycles. The monoisotopic (exact) mass is 422 g/mol. The minimum atomic E-state index is -1.01. The number of rotatable bonds is 5. The molecule has 2 amide bonds. The van der Waals surface area contributed by atoms with Crippen LogP contribution < -0.4 is 10.6 Å². The largest absolute Gasteiger partial charge is 0.361 e. The number of nitrogens with zero attached hydrogens (tertiary/aromatic N) is 1. The molecule has 0 fully saturated rings. The number of amides is 2. The number of aromatic nitrogens is 1. The second kappa shape index (κ2) is 8.51. The second-order valence-electron chi connectivity index (χ2n) is 7.71. The average molecular weight is 422 g/mol. The van der Waals surface area contributed by atoms with Gasteiger partial charge in [0, 0.05) is 34.6 Å². The molecule has 0 saturated heterocycles. The Bertz CT molecular complexity index is 1320. The summed E-state index contributed by atoms with van der Waals surface area (Å²) >= 11 is 0. The SMILES string of the molecule is O=C(CCc1c[nH]c2ccccc12)N[C@H]1N=C(c2ccccc2)c2ccccc2NC1=O. The molecule has 1 aliphatic heterocycles. The number of benzodiazepines with no additional fused rings is 1. The predicted octanol–water partition coefficient (Wildman–Crippen LogP) is 4.03. The summed E-state index contributed by atoms with van der Waals surface area (Å²) in [5.41, 5.74) is 5.16. The molecule has 6 heteroatoms. The highest BCUT2D eigenvalue weighted by Gasteiger charge is 2.26. The summed E-state index contributed by atoms with van der Waals surface area (Å²) in [6.07, 6.45) is 1.75. The van der Waals surface area contributed by atoms with Gasteiger partial charge in [-0.15, -0.1) is 0 Å². The quantitative estimate of drug-likeness (QED) is 0.454. The fraction of sp³-hybridized carbons (Fsp3) is 0.115. The van der Waals surface area contributed by atoms with Crippen LogP contribution >= 0.6 is 0 Å². The molecule has 1 aromatic heterocycles. The number of hydrogen-bond donors (Lipinski definition) is 3. The Morgan fingerprint density at radius 2 is 1.69 bits per heavy atom. The lowest BCUT2D eigenvalue weighted by Crippen LogP contribution is -2.42. The van der Waals surface area contributed by atoms with E-state index in [9.17, 15) is 9.59 Å². The molecule has 0 radical (unpaired) electrons. The number of carbonyl (C=O) groups excluding carboxylic acids is 2. The van der Waals surface area contributed by atoms with Crippen LogP contribution in [0.5, 0.6) is 0 Å². The molecule has 3 aromatic carbocycles. The van der Waals surface area contributed by atoms with Crippen molar-refractivity contribution in [3.63, 3.8) is 0 Å². The van der Waals surface area contributed by atoms with Gasteiger partial charge >= 0.3 is 0 Å². The molecule has 32 heavy (non-hydrogen) atoms. The number of aromatic amines is 1. The van der Waals surface area contributed by atoms with Gasteiger partial charge < -0.3 is 15.6 Å². The molecule has 6 nitrogen and oxygen atoms in total. The van der Waals surface area contributed by atoms with Gasteiger partial charge in [-0.05, 0) is 24.1 Å². The molecule has 1 aliphatic rings. The van der Waals surface area contributed by atoms with E-state index in [1.807, 2.05) is 85.1 Å². The number of aryl methyl sites for hydroxylation is 1. The Labute approximate surface area is 185 Å². The van der Waals surface area contributed by atoms with Crippen LogP contribution in [0, 0.1) is 0 Å². The van der Waals surface area contributed by atoms with Crippen molar-refractivity contribution in [2.75, 3.05) is 5.32 Å². The third-order valence-electron chi connectivity index (χ3n) is 5.59. The molecule has 158 valence electrons. The van der Waals surface area contributed by atoms with E-state index in [1.54, 1.807) is 0 Å². The molecular formula is C26H22N4O2. The summed E-state index contributed by atoms with van der Waals surface area (Å²) in [7, 11) is 0. The van der Waals surface area contributed by atoms with Gasteiger partial charge in [-0.25, -0.2) is 4.99 Å². The Hall–Kier alpha value is -4.19. The van der Waals surface area contributed by atoms with Crippen LogP contribution in [0.15, 0.2) is 90.1 Å². The minimum Gasteiger partial charge on any atom is -0.361 e. The van der Waals surface area contributed by atoms with Crippen LogP contribution in [0.1, 0.15) is 23.1 Å². The second-order valence-corrected chi connectivity index (χ2v) is 7.71. The van der Waals surface area contributed by atoms with Gasteiger partial charge in [-0.1, -0.05) is 66.7 Å². The number of fused-ring (bicyclic) bond motifs is 2. The fourth-order valence-corrected chi connectivity index (χ4v) is 3.99. The number of benzene rings is 3. The standard InChI is InChI=1S/C26H22N4O2/c31-23(15-14-18-16-27-21-12-6-4-10-19(18)21)29-25-26(32)28-22-13-7-5-11-20(22)24(30-25)17-8-2-1-3-9-17/h1-13,16,25,27H,14-15H2,(H,28,32)(H,29,31)/t25-/m0/s1. The highest BCUT2D eigenvalue weighted by molar-refractivity contribution is 6.19. The predicted molar refractivity (Wildman–Crippen MR) is 126 cm³/mol. The third-order valence-corrected chi connectivity index (χ3v) is 5.59. The third kappa shape index (κ3) is 3.90. The maximum absolute atomic E-state index is 12.9. The summed E-state index contributed by atoms with van der Waals surface area (Å²) in [5, 5.41) is 6.81. The normalized spacial score (nSPS) is 15.4. The summed E-state index contributed by atoms with van der Waals surface area (Å²) < 4.78 is 0. The van der Waals surface area contributed by atoms with Gasteiger partial charge in [0.2, 0.25) is 12.1 Å². The first-order valence-electron chi connectivity index (χ1n) is 10.6. The van der Waals surface area contributed by atoms with Gasteiger partial charge in [0.05, 0.1) is 11.4 Å². The summed E-state index contributed by atoms with van der Waals surface area (Å²) in [6.45, 7) is 0. The zero-order chi connectivity index (χ0) is 21.9.